The molecule has 0 fully saturated rings. The minimum absolute atomic E-state index is 0.122. The van der Waals surface area contributed by atoms with E-state index in [1.54, 1.807) is 0 Å². The van der Waals surface area contributed by atoms with Gasteiger partial charge >= 0.3 is 9.76 Å². The molecule has 0 saturated carbocycles. The van der Waals surface area contributed by atoms with Crippen LogP contribution in [0, 0.1) is 0 Å². The second kappa shape index (κ2) is 9.11. The van der Waals surface area contributed by atoms with Gasteiger partial charge in [-0.25, -0.2) is 0 Å². The first-order valence-corrected chi connectivity index (χ1v) is 21.1. The first-order valence-electron chi connectivity index (χ1n) is 9.95. The predicted molar refractivity (Wildman–Crippen MR) is 131 cm³/mol. The highest BCUT2D eigenvalue weighted by Crippen LogP contribution is 2.40. The molecule has 0 N–H and O–H groups in total. The van der Waals surface area contributed by atoms with Crippen LogP contribution in [0.2, 0.25) is 58.9 Å². The molecule has 2 aromatic rings. The van der Waals surface area contributed by atoms with Crippen molar-refractivity contribution in [2.75, 3.05) is 0 Å². The number of benzene rings is 2. The summed E-state index contributed by atoms with van der Waals surface area (Å²) in [5.74, 6) is 3.17. The Morgan fingerprint density at radius 3 is 1.62 bits per heavy atom. The maximum absolute atomic E-state index is 6.55. The van der Waals surface area contributed by atoms with Crippen LogP contribution >= 0.6 is 0 Å². The summed E-state index contributed by atoms with van der Waals surface area (Å²) in [5, 5.41) is 1.01. The van der Waals surface area contributed by atoms with Gasteiger partial charge in [-0.2, -0.15) is 0 Å². The van der Waals surface area contributed by atoms with Crippen molar-refractivity contribution >= 4 is 39.9 Å². The Balaban J connectivity index is 2.52. The molecule has 8 heteroatoms. The Bertz CT molecular complexity index is 806. The minimum Gasteiger partial charge on any atom is -0.542 e. The summed E-state index contributed by atoms with van der Waals surface area (Å²) in [5.41, 5.74) is 0. The van der Waals surface area contributed by atoms with E-state index in [0.717, 1.165) is 28.2 Å². The van der Waals surface area contributed by atoms with Crippen molar-refractivity contribution in [2.24, 2.45) is 0 Å². The molecule has 2 rings (SSSR count). The van der Waals surface area contributed by atoms with Gasteiger partial charge in [0.05, 0.1) is 0 Å². The van der Waals surface area contributed by atoms with E-state index >= 15 is 0 Å². The summed E-state index contributed by atoms with van der Waals surface area (Å²) in [6.07, 6.45) is 0. The van der Waals surface area contributed by atoms with Gasteiger partial charge in [-0.15, -0.1) is 0 Å². The Kier molecular flexibility index (Phi) is 7.47. The first kappa shape index (κ1) is 23.8. The summed E-state index contributed by atoms with van der Waals surface area (Å²) in [4.78, 5) is 0. The van der Waals surface area contributed by atoms with Crippen molar-refractivity contribution in [3.8, 4) is 23.0 Å². The lowest BCUT2D eigenvalue weighted by atomic mass is 10.3. The van der Waals surface area contributed by atoms with Crippen molar-refractivity contribution in [3.63, 3.8) is 0 Å². The van der Waals surface area contributed by atoms with Crippen molar-refractivity contribution < 1.29 is 17.7 Å². The third-order valence-corrected chi connectivity index (χ3v) is 6.75. The van der Waals surface area contributed by atoms with E-state index in [-0.39, 0.29) is 9.76 Å². The molecule has 0 aliphatic heterocycles. The van der Waals surface area contributed by atoms with E-state index in [9.17, 15) is 0 Å². The fourth-order valence-corrected chi connectivity index (χ4v) is 5.76. The van der Waals surface area contributed by atoms with Crippen LogP contribution in [-0.4, -0.2) is 34.7 Å². The molecule has 0 aliphatic carbocycles. The highest BCUT2D eigenvalue weighted by atomic mass is 28.4. The van der Waals surface area contributed by atoms with Crippen LogP contribution in [0.1, 0.15) is 0 Å². The van der Waals surface area contributed by atoms with E-state index in [4.69, 9.17) is 17.7 Å². The van der Waals surface area contributed by atoms with Crippen LogP contribution in [-0.2, 0) is 0 Å². The van der Waals surface area contributed by atoms with Crippen molar-refractivity contribution in [2.45, 2.75) is 58.9 Å². The molecule has 0 heterocycles. The van der Waals surface area contributed by atoms with Crippen LogP contribution in [0.25, 0.3) is 0 Å². The second-order valence-electron chi connectivity index (χ2n) is 9.93. The van der Waals surface area contributed by atoms with Gasteiger partial charge in [-0.1, -0.05) is 24.3 Å². The molecule has 0 aromatic heterocycles. The lowest BCUT2D eigenvalue weighted by molar-refractivity contribution is 0.455. The second-order valence-corrected chi connectivity index (χ2v) is 24.2. The van der Waals surface area contributed by atoms with Gasteiger partial charge in [0.1, 0.15) is 11.5 Å². The summed E-state index contributed by atoms with van der Waals surface area (Å²) in [6, 6.07) is 13.9. The van der Waals surface area contributed by atoms with Gasteiger partial charge in [0, 0.05) is 5.19 Å². The van der Waals surface area contributed by atoms with Gasteiger partial charge in [0.2, 0.25) is 25.0 Å². The molecule has 0 saturated heterocycles. The summed E-state index contributed by atoms with van der Waals surface area (Å²) >= 11 is 0. The fourth-order valence-electron chi connectivity index (χ4n) is 2.45. The fraction of sp³-hybridized carbons (Fsp3) is 0.429. The molecule has 29 heavy (non-hydrogen) atoms. The summed E-state index contributed by atoms with van der Waals surface area (Å²) < 4.78 is 25.5. The standard InChI is InChI=1S/C21H34O4Si4/c1-27(2,3)23-18-15-16-19(26-22-17-13-11-10-12-14-17)21(25-29(7,8)9)20(18)24-28(4,5)6/h10-16H,1-9H3. The van der Waals surface area contributed by atoms with Crippen LogP contribution in [0.5, 0.6) is 23.0 Å². The van der Waals surface area contributed by atoms with Gasteiger partial charge in [0.15, 0.2) is 11.5 Å². The van der Waals surface area contributed by atoms with Crippen LogP contribution in [0.3, 0.4) is 0 Å². The maximum atomic E-state index is 6.55. The Morgan fingerprint density at radius 1 is 0.586 bits per heavy atom. The molecule has 0 bridgehead atoms. The van der Waals surface area contributed by atoms with Crippen molar-refractivity contribution in [1.29, 1.82) is 0 Å². The molecule has 0 atom stereocenters. The van der Waals surface area contributed by atoms with E-state index in [1.807, 2.05) is 36.4 Å². The highest BCUT2D eigenvalue weighted by Gasteiger charge is 2.30. The predicted octanol–water partition coefficient (Wildman–Crippen LogP) is 5.65. The third kappa shape index (κ3) is 8.41. The van der Waals surface area contributed by atoms with Crippen LogP contribution < -0.4 is 22.9 Å². The SMILES string of the molecule is C[Si](C)(C)Oc1ccc([Si]Oc2ccccc2)c(O[Si](C)(C)C)c1O[Si](C)(C)C. The lowest BCUT2D eigenvalue weighted by Crippen LogP contribution is -2.37. The van der Waals surface area contributed by atoms with Crippen LogP contribution in [0.15, 0.2) is 42.5 Å². The molecular weight excluding hydrogens is 429 g/mol. The topological polar surface area (TPSA) is 36.9 Å². The molecule has 4 nitrogen and oxygen atoms in total. The van der Waals surface area contributed by atoms with Gasteiger partial charge in [-0.05, 0) is 77.1 Å². The molecular formula is C21H34O4Si4. The average molecular weight is 463 g/mol. The average Bonchev–Trinajstić information content (AvgIpc) is 2.54. The Labute approximate surface area is 181 Å². The molecule has 0 amide bonds. The quantitative estimate of drug-likeness (QED) is 0.451. The highest BCUT2D eigenvalue weighted by molar-refractivity contribution is 6.72. The Morgan fingerprint density at radius 2 is 1.10 bits per heavy atom. The minimum atomic E-state index is -1.89. The van der Waals surface area contributed by atoms with Crippen LogP contribution in [0.4, 0.5) is 0 Å². The normalized spacial score (nSPS) is 12.4. The summed E-state index contributed by atoms with van der Waals surface area (Å²) in [7, 11) is -5.46. The number of hydrogen-bond donors (Lipinski definition) is 0. The number of rotatable bonds is 9. The zero-order chi connectivity index (χ0) is 21.9. The summed E-state index contributed by atoms with van der Waals surface area (Å²) in [6.45, 7) is 19.6. The van der Waals surface area contributed by atoms with E-state index in [0.29, 0.717) is 0 Å². The van der Waals surface area contributed by atoms with Crippen molar-refractivity contribution in [3.05, 3.63) is 42.5 Å². The van der Waals surface area contributed by atoms with E-state index < -0.39 is 25.0 Å². The van der Waals surface area contributed by atoms with Gasteiger partial charge in [0.25, 0.3) is 0 Å². The molecule has 0 spiro atoms. The number of para-hydroxylation sites is 1. The zero-order valence-corrected chi connectivity index (χ0v) is 23.2. The third-order valence-electron chi connectivity index (χ3n) is 3.33. The smallest absolute Gasteiger partial charge is 0.355 e. The molecule has 158 valence electrons. The van der Waals surface area contributed by atoms with Gasteiger partial charge < -0.3 is 17.7 Å². The van der Waals surface area contributed by atoms with Crippen molar-refractivity contribution in [1.82, 2.24) is 0 Å². The van der Waals surface area contributed by atoms with Gasteiger partial charge in [-0.3, -0.25) is 0 Å². The van der Waals surface area contributed by atoms with E-state index in [1.165, 1.54) is 0 Å². The lowest BCUT2D eigenvalue weighted by Gasteiger charge is -2.30. The Hall–Kier alpha value is -1.49. The van der Waals surface area contributed by atoms with E-state index in [2.05, 4.69) is 65.0 Å². The largest absolute Gasteiger partial charge is 0.542 e. The molecule has 2 aromatic carbocycles. The zero-order valence-electron chi connectivity index (χ0n) is 19.2. The molecule has 2 radical (unpaired) electrons. The molecule has 0 unspecified atom stereocenters. The monoisotopic (exact) mass is 462 g/mol. The number of hydrogen-bond acceptors (Lipinski definition) is 4. The molecule has 0 aliphatic rings. The maximum Gasteiger partial charge on any atom is 0.355 e. The first-order chi connectivity index (χ1) is 13.2.